The number of rotatable bonds is 0. The molecular formula is C30H20O2. The van der Waals surface area contributed by atoms with Crippen molar-refractivity contribution >= 4 is 16.8 Å². The van der Waals surface area contributed by atoms with Gasteiger partial charge in [-0.1, -0.05) is 90.4 Å². The molecule has 5 rings (SSSR count). The van der Waals surface area contributed by atoms with Crippen LogP contribution in [0, 0.1) is 23.7 Å². The van der Waals surface area contributed by atoms with Crippen molar-refractivity contribution in [2.24, 2.45) is 0 Å². The second kappa shape index (κ2) is 7.88. The Morgan fingerprint density at radius 2 is 1.09 bits per heavy atom. The zero-order valence-corrected chi connectivity index (χ0v) is 17.3. The van der Waals surface area contributed by atoms with Crippen LogP contribution in [0.2, 0.25) is 0 Å². The summed E-state index contributed by atoms with van der Waals surface area (Å²) in [4.78, 5) is 0. The largest absolute Gasteiger partial charge is 0.360 e. The molecule has 0 saturated carbocycles. The fourth-order valence-electron chi connectivity index (χ4n) is 3.97. The van der Waals surface area contributed by atoms with E-state index in [0.29, 0.717) is 5.56 Å². The molecule has 0 fully saturated rings. The summed E-state index contributed by atoms with van der Waals surface area (Å²) in [6.07, 6.45) is 3.11. The van der Waals surface area contributed by atoms with Gasteiger partial charge in [0.05, 0.1) is 0 Å². The van der Waals surface area contributed by atoms with Gasteiger partial charge in [-0.25, -0.2) is 0 Å². The molecule has 4 aromatic carbocycles. The van der Waals surface area contributed by atoms with E-state index in [-0.39, 0.29) is 0 Å². The molecule has 2 heteroatoms. The fraction of sp³-hybridized carbons (Fsp3) is 0.0667. The molecule has 0 bridgehead atoms. The van der Waals surface area contributed by atoms with Crippen molar-refractivity contribution in [1.29, 1.82) is 0 Å². The first-order valence-corrected chi connectivity index (χ1v) is 10.4. The minimum atomic E-state index is -2.27. The van der Waals surface area contributed by atoms with Crippen molar-refractivity contribution in [1.82, 2.24) is 0 Å². The summed E-state index contributed by atoms with van der Waals surface area (Å²) in [5.74, 6) is 10.3. The van der Waals surface area contributed by atoms with Crippen molar-refractivity contribution in [3.8, 4) is 23.7 Å². The Balaban J connectivity index is 1.80. The van der Waals surface area contributed by atoms with E-state index in [1.807, 2.05) is 97.1 Å². The molecule has 2 nitrogen and oxygen atoms in total. The van der Waals surface area contributed by atoms with Gasteiger partial charge >= 0.3 is 0 Å². The second-order valence-corrected chi connectivity index (χ2v) is 7.83. The fourth-order valence-corrected chi connectivity index (χ4v) is 3.97. The summed E-state index contributed by atoms with van der Waals surface area (Å²) >= 11 is 0. The zero-order valence-electron chi connectivity index (χ0n) is 17.3. The van der Waals surface area contributed by atoms with Crippen LogP contribution < -0.4 is 0 Å². The molecule has 152 valence electrons. The van der Waals surface area contributed by atoms with Crippen LogP contribution in [-0.4, -0.2) is 16.0 Å². The molecule has 1 aliphatic rings. The molecule has 0 spiro atoms. The van der Waals surface area contributed by atoms with Gasteiger partial charge in [-0.2, -0.15) is 0 Å². The van der Waals surface area contributed by atoms with E-state index in [9.17, 15) is 10.2 Å². The van der Waals surface area contributed by atoms with Crippen LogP contribution in [0.15, 0.2) is 103 Å². The van der Waals surface area contributed by atoms with Crippen LogP contribution in [0.1, 0.15) is 22.3 Å². The minimum Gasteiger partial charge on any atom is -0.360 e. The maximum absolute atomic E-state index is 11.2. The van der Waals surface area contributed by atoms with E-state index in [4.69, 9.17) is 0 Å². The monoisotopic (exact) mass is 412 g/mol. The summed E-state index contributed by atoms with van der Waals surface area (Å²) in [5, 5.41) is 24.5. The van der Waals surface area contributed by atoms with Crippen molar-refractivity contribution in [2.45, 2.75) is 11.2 Å². The first kappa shape index (κ1) is 19.9. The second-order valence-electron chi connectivity index (χ2n) is 7.83. The molecule has 0 amide bonds. The van der Waals surface area contributed by atoms with Crippen molar-refractivity contribution in [2.75, 3.05) is 0 Å². The lowest BCUT2D eigenvalue weighted by Crippen LogP contribution is -2.50. The van der Waals surface area contributed by atoms with Gasteiger partial charge in [0, 0.05) is 11.1 Å². The summed E-state index contributed by atoms with van der Waals surface area (Å²) in [5.41, 5.74) is 1.57. The van der Waals surface area contributed by atoms with E-state index in [0.717, 1.165) is 27.5 Å². The van der Waals surface area contributed by atoms with Gasteiger partial charge in [0.15, 0.2) is 5.41 Å². The molecule has 0 radical (unpaired) electrons. The van der Waals surface area contributed by atoms with E-state index in [1.165, 1.54) is 6.08 Å². The van der Waals surface area contributed by atoms with E-state index in [1.54, 1.807) is 6.08 Å². The van der Waals surface area contributed by atoms with Gasteiger partial charge in [0.1, 0.15) is 0 Å². The highest BCUT2D eigenvalue weighted by Crippen LogP contribution is 2.42. The molecule has 0 aliphatic heterocycles. The van der Waals surface area contributed by atoms with Crippen LogP contribution in [0.4, 0.5) is 0 Å². The number of hydrogen-bond donors (Lipinski definition) is 2. The smallest absolute Gasteiger partial charge is 0.216 e. The lowest BCUT2D eigenvalue weighted by Gasteiger charge is -2.38. The van der Waals surface area contributed by atoms with Gasteiger partial charge in [-0.15, -0.1) is 0 Å². The molecule has 32 heavy (non-hydrogen) atoms. The Bertz CT molecular complexity index is 1380. The molecule has 2 N–H and O–H groups in total. The number of fused-ring (bicyclic) bond motifs is 2. The molecule has 0 aromatic heterocycles. The third-order valence-corrected chi connectivity index (χ3v) is 5.71. The highest BCUT2D eigenvalue weighted by atomic mass is 16.5. The Hall–Kier alpha value is -4.08. The van der Waals surface area contributed by atoms with Crippen LogP contribution in [0.5, 0.6) is 0 Å². The summed E-state index contributed by atoms with van der Waals surface area (Å²) in [6, 6.07) is 31.0. The predicted molar refractivity (Wildman–Crippen MR) is 128 cm³/mol. The zero-order chi connectivity index (χ0) is 22.0. The van der Waals surface area contributed by atoms with Gasteiger partial charge < -0.3 is 10.2 Å². The predicted octanol–water partition coefficient (Wildman–Crippen LogP) is 4.89. The maximum atomic E-state index is 11.2. The van der Waals surface area contributed by atoms with Gasteiger partial charge in [-0.3, -0.25) is 0 Å². The molecule has 0 saturated heterocycles. The summed E-state index contributed by atoms with van der Waals surface area (Å²) in [7, 11) is 0. The Morgan fingerprint density at radius 1 is 0.594 bits per heavy atom. The number of benzene rings is 4. The van der Waals surface area contributed by atoms with Crippen molar-refractivity contribution in [3.63, 3.8) is 0 Å². The highest BCUT2D eigenvalue weighted by molar-refractivity contribution is 5.88. The molecule has 1 aliphatic carbocycles. The van der Waals surface area contributed by atoms with E-state index < -0.39 is 11.2 Å². The number of hydrogen-bond acceptors (Lipinski definition) is 2. The van der Waals surface area contributed by atoms with Crippen LogP contribution in [0.3, 0.4) is 0 Å². The normalized spacial score (nSPS) is 15.1. The summed E-state index contributed by atoms with van der Waals surface area (Å²) < 4.78 is 0. The van der Waals surface area contributed by atoms with Crippen LogP contribution in [-0.2, 0) is 5.41 Å². The lowest BCUT2D eigenvalue weighted by atomic mass is 9.68. The van der Waals surface area contributed by atoms with Gasteiger partial charge in [0.25, 0.3) is 0 Å². The average molecular weight is 412 g/mol. The standard InChI is InChI=1S/C30H20O2/c31-30(32)20-17-27-21-25-13-7-8-14-26(25)22-28(27)29(30,18-15-23-9-3-1-4-10-23)19-16-24-11-5-2-6-12-24/h1-14,17,20-22,31-32H. The maximum Gasteiger partial charge on any atom is 0.216 e. The van der Waals surface area contributed by atoms with Crippen molar-refractivity contribution < 1.29 is 10.2 Å². The van der Waals surface area contributed by atoms with Crippen LogP contribution >= 0.6 is 0 Å². The highest BCUT2D eigenvalue weighted by Gasteiger charge is 2.50. The van der Waals surface area contributed by atoms with Gasteiger partial charge in [-0.05, 0) is 64.4 Å². The molecule has 0 atom stereocenters. The van der Waals surface area contributed by atoms with Gasteiger partial charge in [0.2, 0.25) is 5.79 Å². The number of aliphatic hydroxyl groups is 2. The molecule has 4 aromatic rings. The molecule has 0 unspecified atom stereocenters. The SMILES string of the molecule is OC1(O)C=Cc2cc3ccccc3cc2C1(C#Cc1ccccc1)C#Cc1ccccc1. The Kier molecular flexibility index (Phi) is 4.89. The quantitative estimate of drug-likeness (QED) is 0.319. The first-order valence-electron chi connectivity index (χ1n) is 10.4. The van der Waals surface area contributed by atoms with Crippen LogP contribution in [0.25, 0.3) is 16.8 Å². The third kappa shape index (κ3) is 3.49. The van der Waals surface area contributed by atoms with E-state index in [2.05, 4.69) is 23.7 Å². The third-order valence-electron chi connectivity index (χ3n) is 5.71. The first-order chi connectivity index (χ1) is 15.6. The average Bonchev–Trinajstić information content (AvgIpc) is 2.83. The molecule has 0 heterocycles. The van der Waals surface area contributed by atoms with Crippen molar-refractivity contribution in [3.05, 3.63) is 125 Å². The Morgan fingerprint density at radius 3 is 1.66 bits per heavy atom. The van der Waals surface area contributed by atoms with E-state index >= 15 is 0 Å². The molecular weight excluding hydrogens is 392 g/mol. The Labute approximate surface area is 187 Å². The topological polar surface area (TPSA) is 40.5 Å². The lowest BCUT2D eigenvalue weighted by molar-refractivity contribution is -0.143. The summed E-state index contributed by atoms with van der Waals surface area (Å²) in [6.45, 7) is 0. The minimum absolute atomic E-state index is 0.676.